The maximum Gasteiger partial charge on any atom is 0.155 e. The molecule has 118 valence electrons. The maximum absolute atomic E-state index is 12.6. The molecule has 1 aliphatic rings. The summed E-state index contributed by atoms with van der Waals surface area (Å²) in [6.07, 6.45) is 3.79. The molecule has 21 heavy (non-hydrogen) atoms. The van der Waals surface area contributed by atoms with E-state index in [0.29, 0.717) is 0 Å². The van der Waals surface area contributed by atoms with Crippen LogP contribution in [0.5, 0.6) is 0 Å². The Hall–Kier alpha value is -0.870. The molecule has 0 radical (unpaired) electrons. The van der Waals surface area contributed by atoms with Crippen LogP contribution < -0.4 is 5.32 Å². The fraction of sp³-hybridized carbons (Fsp3) is 0.647. The highest BCUT2D eigenvalue weighted by atomic mass is 32.2. The van der Waals surface area contributed by atoms with E-state index in [4.69, 9.17) is 0 Å². The van der Waals surface area contributed by atoms with Gasteiger partial charge in [-0.3, -0.25) is 0 Å². The van der Waals surface area contributed by atoms with Crippen LogP contribution in [-0.4, -0.2) is 26.0 Å². The van der Waals surface area contributed by atoms with Crippen LogP contribution in [0.15, 0.2) is 18.2 Å². The first-order valence-corrected chi connectivity index (χ1v) is 9.67. The van der Waals surface area contributed by atoms with Gasteiger partial charge in [0.15, 0.2) is 9.84 Å². The lowest BCUT2D eigenvalue weighted by Crippen LogP contribution is -2.32. The molecule has 4 heteroatoms. The van der Waals surface area contributed by atoms with Crippen molar-refractivity contribution >= 4 is 9.84 Å². The van der Waals surface area contributed by atoms with Crippen LogP contribution in [0.1, 0.15) is 55.3 Å². The molecule has 1 aromatic carbocycles. The normalized spacial score (nSPS) is 18.0. The molecule has 2 rings (SSSR count). The summed E-state index contributed by atoms with van der Waals surface area (Å²) < 4.78 is 25.2. The quantitative estimate of drug-likeness (QED) is 0.877. The molecule has 1 aromatic rings. The van der Waals surface area contributed by atoms with E-state index in [2.05, 4.69) is 37.4 Å². The Kier molecular flexibility index (Phi) is 5.44. The van der Waals surface area contributed by atoms with Gasteiger partial charge < -0.3 is 5.32 Å². The van der Waals surface area contributed by atoms with Crippen molar-refractivity contribution in [3.05, 3.63) is 34.9 Å². The van der Waals surface area contributed by atoms with E-state index < -0.39 is 9.84 Å². The maximum atomic E-state index is 12.6. The molecule has 3 nitrogen and oxygen atoms in total. The third-order valence-electron chi connectivity index (χ3n) is 4.31. The molecule has 1 N–H and O–H groups in total. The number of sulfone groups is 1. The first-order chi connectivity index (χ1) is 9.92. The summed E-state index contributed by atoms with van der Waals surface area (Å²) in [6.45, 7) is 6.92. The highest BCUT2D eigenvalue weighted by Gasteiger charge is 2.31. The summed E-state index contributed by atoms with van der Waals surface area (Å²) in [5.41, 5.74) is 3.47. The number of hydrogen-bond acceptors (Lipinski definition) is 3. The molecule has 0 aliphatic heterocycles. The molecule has 0 amide bonds. The second kappa shape index (κ2) is 6.93. The van der Waals surface area contributed by atoms with Crippen molar-refractivity contribution in [1.82, 2.24) is 5.32 Å². The zero-order valence-corrected chi connectivity index (χ0v) is 14.2. The van der Waals surface area contributed by atoms with E-state index >= 15 is 0 Å². The molecule has 0 saturated heterocycles. The third-order valence-corrected chi connectivity index (χ3v) is 6.59. The Morgan fingerprint density at radius 2 is 1.71 bits per heavy atom. The molecule has 1 saturated carbocycles. The summed E-state index contributed by atoms with van der Waals surface area (Å²) in [4.78, 5) is 0. The van der Waals surface area contributed by atoms with Crippen LogP contribution in [0.3, 0.4) is 0 Å². The third kappa shape index (κ3) is 4.30. The van der Waals surface area contributed by atoms with Crippen LogP contribution in [0.25, 0.3) is 0 Å². The van der Waals surface area contributed by atoms with Crippen molar-refractivity contribution in [1.29, 1.82) is 0 Å². The van der Waals surface area contributed by atoms with E-state index in [-0.39, 0.29) is 17.0 Å². The molecule has 1 unspecified atom stereocenters. The SMILES string of the molecule is CCNC(CS(=O)(=O)C1CCCC1)c1cc(C)cc(C)c1. The van der Waals surface area contributed by atoms with E-state index in [1.54, 1.807) is 0 Å². The number of hydrogen-bond donors (Lipinski definition) is 1. The number of nitrogens with one attached hydrogen (secondary N) is 1. The molecule has 1 fully saturated rings. The minimum atomic E-state index is -3.02. The van der Waals surface area contributed by atoms with Crippen LogP contribution in [0, 0.1) is 13.8 Å². The van der Waals surface area contributed by atoms with E-state index in [9.17, 15) is 8.42 Å². The minimum Gasteiger partial charge on any atom is -0.309 e. The Labute approximate surface area is 129 Å². The first kappa shape index (κ1) is 16.5. The van der Waals surface area contributed by atoms with Crippen molar-refractivity contribution in [2.24, 2.45) is 0 Å². The van der Waals surface area contributed by atoms with Gasteiger partial charge in [0, 0.05) is 6.04 Å². The molecule has 1 aliphatic carbocycles. The number of rotatable bonds is 6. The van der Waals surface area contributed by atoms with Gasteiger partial charge in [-0.1, -0.05) is 49.1 Å². The molecule has 0 bridgehead atoms. The standard InChI is InChI=1S/C17H27NO2S/c1-4-18-17(15-10-13(2)9-14(3)11-15)12-21(19,20)16-7-5-6-8-16/h9-11,16-18H,4-8,12H2,1-3H3. The minimum absolute atomic E-state index is 0.0980. The van der Waals surface area contributed by atoms with Crippen molar-refractivity contribution in [3.63, 3.8) is 0 Å². The average molecular weight is 309 g/mol. The topological polar surface area (TPSA) is 46.2 Å². The van der Waals surface area contributed by atoms with Gasteiger partial charge in [0.05, 0.1) is 11.0 Å². The predicted octanol–water partition coefficient (Wildman–Crippen LogP) is 3.31. The molecule has 0 aromatic heterocycles. The van der Waals surface area contributed by atoms with Crippen molar-refractivity contribution in [2.75, 3.05) is 12.3 Å². The largest absolute Gasteiger partial charge is 0.309 e. The highest BCUT2D eigenvalue weighted by Crippen LogP contribution is 2.28. The first-order valence-electron chi connectivity index (χ1n) is 7.95. The van der Waals surface area contributed by atoms with Gasteiger partial charge >= 0.3 is 0 Å². The average Bonchev–Trinajstić information content (AvgIpc) is 2.91. The van der Waals surface area contributed by atoms with Crippen LogP contribution >= 0.6 is 0 Å². The molecule has 1 atom stereocenters. The second-order valence-corrected chi connectivity index (χ2v) is 8.59. The summed E-state index contributed by atoms with van der Waals surface area (Å²) >= 11 is 0. The zero-order chi connectivity index (χ0) is 15.5. The van der Waals surface area contributed by atoms with Crippen LogP contribution in [0.2, 0.25) is 0 Å². The summed E-state index contributed by atoms with van der Waals surface area (Å²) in [5.74, 6) is 0.217. The number of benzene rings is 1. The van der Waals surface area contributed by atoms with Crippen LogP contribution in [0.4, 0.5) is 0 Å². The summed E-state index contributed by atoms with van der Waals surface area (Å²) in [6, 6.07) is 6.23. The molecular weight excluding hydrogens is 282 g/mol. The van der Waals surface area contributed by atoms with E-state index in [1.165, 1.54) is 11.1 Å². The fourth-order valence-corrected chi connectivity index (χ4v) is 5.44. The number of aryl methyl sites for hydroxylation is 2. The van der Waals surface area contributed by atoms with Crippen molar-refractivity contribution in [3.8, 4) is 0 Å². The van der Waals surface area contributed by atoms with E-state index in [0.717, 1.165) is 37.8 Å². The predicted molar refractivity (Wildman–Crippen MR) is 88.4 cm³/mol. The highest BCUT2D eigenvalue weighted by molar-refractivity contribution is 7.92. The van der Waals surface area contributed by atoms with Gasteiger partial charge in [0.2, 0.25) is 0 Å². The monoisotopic (exact) mass is 309 g/mol. The van der Waals surface area contributed by atoms with Gasteiger partial charge in [-0.25, -0.2) is 8.42 Å². The van der Waals surface area contributed by atoms with Gasteiger partial charge in [-0.15, -0.1) is 0 Å². The zero-order valence-electron chi connectivity index (χ0n) is 13.4. The van der Waals surface area contributed by atoms with Gasteiger partial charge in [-0.2, -0.15) is 0 Å². The Morgan fingerprint density at radius 3 is 2.24 bits per heavy atom. The van der Waals surface area contributed by atoms with Crippen molar-refractivity contribution in [2.45, 2.75) is 57.7 Å². The molecular formula is C17H27NO2S. The fourth-order valence-electron chi connectivity index (χ4n) is 3.35. The van der Waals surface area contributed by atoms with Gasteiger partial charge in [0.25, 0.3) is 0 Å². The summed E-state index contributed by atoms with van der Waals surface area (Å²) in [5, 5.41) is 3.23. The smallest absolute Gasteiger partial charge is 0.155 e. The molecule has 0 heterocycles. The lowest BCUT2D eigenvalue weighted by Gasteiger charge is -2.21. The Morgan fingerprint density at radius 1 is 1.14 bits per heavy atom. The summed E-state index contributed by atoms with van der Waals surface area (Å²) in [7, 11) is -3.02. The lowest BCUT2D eigenvalue weighted by atomic mass is 10.0. The van der Waals surface area contributed by atoms with Crippen molar-refractivity contribution < 1.29 is 8.42 Å². The molecule has 0 spiro atoms. The lowest BCUT2D eigenvalue weighted by molar-refractivity contribution is 0.547. The Balaban J connectivity index is 2.22. The van der Waals surface area contributed by atoms with Crippen LogP contribution in [-0.2, 0) is 9.84 Å². The Bertz CT molecular complexity index is 554. The van der Waals surface area contributed by atoms with E-state index in [1.807, 2.05) is 6.92 Å². The van der Waals surface area contributed by atoms with Gasteiger partial charge in [0.1, 0.15) is 0 Å². The van der Waals surface area contributed by atoms with Gasteiger partial charge in [-0.05, 0) is 38.8 Å². The second-order valence-electron chi connectivity index (χ2n) is 6.27.